The number of amides is 1. The highest BCUT2D eigenvalue weighted by molar-refractivity contribution is 6.51. The number of ketones is 1. The second-order valence-corrected chi connectivity index (χ2v) is 9.04. The molecule has 1 unspecified atom stereocenters. The van der Waals surface area contributed by atoms with Gasteiger partial charge in [0.2, 0.25) is 0 Å². The molecule has 6 heteroatoms. The molecule has 190 valence electrons. The van der Waals surface area contributed by atoms with Crippen LogP contribution in [0.15, 0.2) is 109 Å². The van der Waals surface area contributed by atoms with Crippen molar-refractivity contribution in [3.05, 3.63) is 131 Å². The summed E-state index contributed by atoms with van der Waals surface area (Å²) < 4.78 is 11.4. The number of carbonyl (C=O) groups is 2. The molecule has 1 aliphatic rings. The Bertz CT molecular complexity index is 1510. The number of methoxy groups -OCH3 is 1. The van der Waals surface area contributed by atoms with Gasteiger partial charge >= 0.3 is 0 Å². The monoisotopic (exact) mass is 505 g/mol. The Labute approximate surface area is 221 Å². The van der Waals surface area contributed by atoms with Gasteiger partial charge in [-0.05, 0) is 66.1 Å². The molecule has 0 radical (unpaired) electrons. The van der Waals surface area contributed by atoms with Crippen molar-refractivity contribution in [3.63, 3.8) is 0 Å². The zero-order chi connectivity index (χ0) is 26.6. The summed E-state index contributed by atoms with van der Waals surface area (Å²) in [6.07, 6.45) is 0. The van der Waals surface area contributed by atoms with Crippen LogP contribution in [0.25, 0.3) is 5.76 Å². The zero-order valence-corrected chi connectivity index (χ0v) is 21.1. The predicted octanol–water partition coefficient (Wildman–Crippen LogP) is 6.21. The molecule has 1 aliphatic heterocycles. The lowest BCUT2D eigenvalue weighted by Crippen LogP contribution is -2.29. The van der Waals surface area contributed by atoms with Gasteiger partial charge in [0, 0.05) is 11.3 Å². The molecule has 0 bridgehead atoms. The van der Waals surface area contributed by atoms with Crippen molar-refractivity contribution in [2.45, 2.75) is 19.6 Å². The number of Topliss-reactive ketones (excluding diaryl/α,β-unsaturated/α-hetero) is 1. The molecule has 0 aliphatic carbocycles. The molecule has 1 amide bonds. The van der Waals surface area contributed by atoms with E-state index in [-0.39, 0.29) is 11.3 Å². The molecule has 6 nitrogen and oxygen atoms in total. The summed E-state index contributed by atoms with van der Waals surface area (Å²) >= 11 is 0. The van der Waals surface area contributed by atoms with Crippen molar-refractivity contribution in [3.8, 4) is 11.5 Å². The molecular weight excluding hydrogens is 478 g/mol. The fourth-order valence-corrected chi connectivity index (χ4v) is 4.66. The normalized spacial score (nSPS) is 16.5. The summed E-state index contributed by atoms with van der Waals surface area (Å²) in [4.78, 5) is 28.1. The number of aliphatic hydroxyl groups excluding tert-OH is 1. The van der Waals surface area contributed by atoms with Crippen LogP contribution in [0.5, 0.6) is 11.5 Å². The minimum Gasteiger partial charge on any atom is -0.507 e. The first-order chi connectivity index (χ1) is 18.5. The lowest BCUT2D eigenvalue weighted by molar-refractivity contribution is -0.132. The fourth-order valence-electron chi connectivity index (χ4n) is 4.66. The fraction of sp³-hybridized carbons (Fsp3) is 0.125. The number of hydrogen-bond donors (Lipinski definition) is 1. The second-order valence-electron chi connectivity index (χ2n) is 9.04. The molecule has 0 spiro atoms. The van der Waals surface area contributed by atoms with E-state index in [1.54, 1.807) is 67.8 Å². The number of ether oxygens (including phenoxy) is 2. The third-order valence-corrected chi connectivity index (χ3v) is 6.57. The molecule has 1 saturated heterocycles. The summed E-state index contributed by atoms with van der Waals surface area (Å²) in [5.41, 5.74) is 3.48. The van der Waals surface area contributed by atoms with E-state index >= 15 is 0 Å². The maximum Gasteiger partial charge on any atom is 0.300 e. The number of anilines is 1. The Balaban J connectivity index is 1.56. The Morgan fingerprint density at radius 1 is 0.868 bits per heavy atom. The first kappa shape index (κ1) is 24.8. The van der Waals surface area contributed by atoms with E-state index < -0.39 is 17.7 Å². The number of benzene rings is 4. The Morgan fingerprint density at radius 3 is 2.26 bits per heavy atom. The van der Waals surface area contributed by atoms with Crippen LogP contribution in [-0.4, -0.2) is 23.9 Å². The van der Waals surface area contributed by atoms with Crippen LogP contribution in [0, 0.1) is 6.92 Å². The molecule has 4 aromatic rings. The van der Waals surface area contributed by atoms with Gasteiger partial charge < -0.3 is 14.6 Å². The standard InChI is InChI=1S/C32H27NO5/c1-21-18-24(16-17-27(21)38-20-22-10-5-3-6-11-22)30(34)28-29(23-12-9-15-26(19-23)37-2)33(32(36)31(28)35)25-13-7-4-8-14-25/h3-19,29,34H,20H2,1-2H3/b30-28-. The summed E-state index contributed by atoms with van der Waals surface area (Å²) in [5.74, 6) is -0.449. The largest absolute Gasteiger partial charge is 0.507 e. The van der Waals surface area contributed by atoms with E-state index in [2.05, 4.69) is 0 Å². The van der Waals surface area contributed by atoms with Crippen LogP contribution in [0.4, 0.5) is 5.69 Å². The third kappa shape index (κ3) is 4.76. The van der Waals surface area contributed by atoms with Crippen molar-refractivity contribution in [2.75, 3.05) is 12.0 Å². The van der Waals surface area contributed by atoms with E-state index in [9.17, 15) is 14.7 Å². The molecule has 5 rings (SSSR count). The molecule has 38 heavy (non-hydrogen) atoms. The average Bonchev–Trinajstić information content (AvgIpc) is 3.23. The number of para-hydroxylation sites is 1. The predicted molar refractivity (Wildman–Crippen MR) is 146 cm³/mol. The van der Waals surface area contributed by atoms with Crippen molar-refractivity contribution in [1.82, 2.24) is 0 Å². The van der Waals surface area contributed by atoms with Crippen molar-refractivity contribution in [2.24, 2.45) is 0 Å². The van der Waals surface area contributed by atoms with Gasteiger partial charge in [-0.2, -0.15) is 0 Å². The van der Waals surface area contributed by atoms with Crippen LogP contribution in [0.3, 0.4) is 0 Å². The quantitative estimate of drug-likeness (QED) is 0.184. The third-order valence-electron chi connectivity index (χ3n) is 6.57. The van der Waals surface area contributed by atoms with Gasteiger partial charge in [-0.1, -0.05) is 60.7 Å². The summed E-state index contributed by atoms with van der Waals surface area (Å²) in [6.45, 7) is 2.28. The lowest BCUT2D eigenvalue weighted by atomic mass is 9.94. The Kier molecular flexibility index (Phi) is 6.96. The van der Waals surface area contributed by atoms with Gasteiger partial charge in [0.1, 0.15) is 23.9 Å². The number of aryl methyl sites for hydroxylation is 1. The Hall–Kier alpha value is -4.84. The van der Waals surface area contributed by atoms with Crippen LogP contribution < -0.4 is 14.4 Å². The Morgan fingerprint density at radius 2 is 1.58 bits per heavy atom. The van der Waals surface area contributed by atoms with Crippen molar-refractivity contribution in [1.29, 1.82) is 0 Å². The first-order valence-electron chi connectivity index (χ1n) is 12.3. The van der Waals surface area contributed by atoms with Gasteiger partial charge in [-0.15, -0.1) is 0 Å². The molecule has 0 aromatic heterocycles. The van der Waals surface area contributed by atoms with Crippen LogP contribution in [0.2, 0.25) is 0 Å². The minimum absolute atomic E-state index is 0.0180. The number of nitrogens with zero attached hydrogens (tertiary/aromatic N) is 1. The minimum atomic E-state index is -0.832. The number of aliphatic hydroxyl groups is 1. The highest BCUT2D eigenvalue weighted by atomic mass is 16.5. The van der Waals surface area contributed by atoms with Gasteiger partial charge in [0.25, 0.3) is 11.7 Å². The summed E-state index contributed by atoms with van der Waals surface area (Å²) in [7, 11) is 1.55. The molecule has 1 N–H and O–H groups in total. The molecule has 1 heterocycles. The molecule has 0 saturated carbocycles. The van der Waals surface area contributed by atoms with Crippen molar-refractivity contribution < 1.29 is 24.2 Å². The molecular formula is C32H27NO5. The summed E-state index contributed by atoms with van der Waals surface area (Å²) in [6, 6.07) is 30.4. The molecule has 1 fully saturated rings. The second kappa shape index (κ2) is 10.6. The van der Waals surface area contributed by atoms with Gasteiger partial charge in [0.05, 0.1) is 18.7 Å². The molecule has 4 aromatic carbocycles. The number of hydrogen-bond acceptors (Lipinski definition) is 5. The van der Waals surface area contributed by atoms with E-state index in [1.807, 2.05) is 49.4 Å². The van der Waals surface area contributed by atoms with Crippen LogP contribution in [-0.2, 0) is 16.2 Å². The highest BCUT2D eigenvalue weighted by Gasteiger charge is 2.47. The van der Waals surface area contributed by atoms with Gasteiger partial charge in [0.15, 0.2) is 0 Å². The maximum atomic E-state index is 13.4. The lowest BCUT2D eigenvalue weighted by Gasteiger charge is -2.25. The van der Waals surface area contributed by atoms with Gasteiger partial charge in [-0.3, -0.25) is 14.5 Å². The zero-order valence-electron chi connectivity index (χ0n) is 21.1. The average molecular weight is 506 g/mol. The highest BCUT2D eigenvalue weighted by Crippen LogP contribution is 2.43. The topological polar surface area (TPSA) is 76.1 Å². The van der Waals surface area contributed by atoms with Gasteiger partial charge in [-0.25, -0.2) is 0 Å². The van der Waals surface area contributed by atoms with E-state index in [1.165, 1.54) is 4.90 Å². The van der Waals surface area contributed by atoms with E-state index in [0.29, 0.717) is 34.9 Å². The number of carbonyl (C=O) groups excluding carboxylic acids is 2. The van der Waals surface area contributed by atoms with Crippen LogP contribution >= 0.6 is 0 Å². The first-order valence-corrected chi connectivity index (χ1v) is 12.3. The summed E-state index contributed by atoms with van der Waals surface area (Å²) in [5, 5.41) is 11.5. The smallest absolute Gasteiger partial charge is 0.300 e. The molecule has 1 atom stereocenters. The number of rotatable bonds is 7. The van der Waals surface area contributed by atoms with E-state index in [4.69, 9.17) is 9.47 Å². The maximum absolute atomic E-state index is 13.4. The van der Waals surface area contributed by atoms with E-state index in [0.717, 1.165) is 11.1 Å². The SMILES string of the molecule is COc1cccc(C2/C(=C(/O)c3ccc(OCc4ccccc4)c(C)c3)C(=O)C(=O)N2c2ccccc2)c1. The van der Waals surface area contributed by atoms with Crippen molar-refractivity contribution >= 4 is 23.1 Å². The van der Waals surface area contributed by atoms with Crippen LogP contribution in [0.1, 0.15) is 28.3 Å².